The number of hydrogen-bond donors (Lipinski definition) is 0. The van der Waals surface area contributed by atoms with Crippen LogP contribution in [0.4, 0.5) is 32.3 Å². The number of nitrogens with zero attached hydrogens (tertiary/aromatic N) is 4. The van der Waals surface area contributed by atoms with Gasteiger partial charge in [-0.3, -0.25) is 14.7 Å². The third kappa shape index (κ3) is 4.81. The van der Waals surface area contributed by atoms with Crippen molar-refractivity contribution in [2.45, 2.75) is 19.3 Å². The van der Waals surface area contributed by atoms with Crippen molar-refractivity contribution < 1.29 is 40.6 Å². The van der Waals surface area contributed by atoms with Gasteiger partial charge in [-0.05, 0) is 18.2 Å². The number of benzene rings is 1. The Bertz CT molecular complexity index is 1190. The van der Waals surface area contributed by atoms with Crippen LogP contribution < -0.4 is 14.4 Å². The molecule has 1 aromatic carbocycles. The topological polar surface area (TPSA) is 77.4 Å². The molecule has 0 atom stereocenters. The molecule has 0 radical (unpaired) electrons. The molecule has 0 fully saturated rings. The minimum Gasteiger partial charge on any atom is -0.483 e. The predicted molar refractivity (Wildman–Crippen MR) is 100 cm³/mol. The number of ether oxygens (including phenoxy) is 2. The van der Waals surface area contributed by atoms with Gasteiger partial charge in [-0.25, -0.2) is 14.4 Å². The first-order valence-electron chi connectivity index (χ1n) is 9.18. The summed E-state index contributed by atoms with van der Waals surface area (Å²) in [4.78, 5) is 25.9. The van der Waals surface area contributed by atoms with Gasteiger partial charge < -0.3 is 9.47 Å². The number of aromatic nitrogens is 3. The van der Waals surface area contributed by atoms with Crippen LogP contribution in [0.1, 0.15) is 15.9 Å². The van der Waals surface area contributed by atoms with E-state index >= 15 is 0 Å². The number of pyridine rings is 1. The summed E-state index contributed by atoms with van der Waals surface area (Å²) in [5, 5.41) is 0. The molecule has 33 heavy (non-hydrogen) atoms. The Morgan fingerprint density at radius 3 is 2.45 bits per heavy atom. The highest BCUT2D eigenvalue weighted by Gasteiger charge is 2.34. The molecule has 0 unspecified atom stereocenters. The van der Waals surface area contributed by atoms with Crippen LogP contribution in [-0.2, 0) is 6.54 Å². The Kier molecular flexibility index (Phi) is 5.78. The third-order valence-corrected chi connectivity index (χ3v) is 4.52. The SMILES string of the molecule is O=C1c2ccnc(-c3ccc(F)cc3OCC(F)(F)F)c2CN1c1ncc(OC(F)F)cn1. The minimum absolute atomic E-state index is 0.0498. The Morgan fingerprint density at radius 2 is 1.79 bits per heavy atom. The largest absolute Gasteiger partial charge is 0.483 e. The van der Waals surface area contributed by atoms with E-state index in [1.807, 2.05) is 0 Å². The highest BCUT2D eigenvalue weighted by atomic mass is 19.4. The van der Waals surface area contributed by atoms with Crippen LogP contribution in [0.2, 0.25) is 0 Å². The molecule has 4 rings (SSSR count). The molecule has 1 amide bonds. The van der Waals surface area contributed by atoms with Gasteiger partial charge in [-0.2, -0.15) is 22.0 Å². The summed E-state index contributed by atoms with van der Waals surface area (Å²) in [7, 11) is 0. The monoisotopic (exact) mass is 470 g/mol. The predicted octanol–water partition coefficient (Wildman–Crippen LogP) is 4.38. The number of rotatable bonds is 6. The first-order valence-corrected chi connectivity index (χ1v) is 9.18. The van der Waals surface area contributed by atoms with E-state index in [0.29, 0.717) is 5.56 Å². The molecule has 3 heterocycles. The summed E-state index contributed by atoms with van der Waals surface area (Å²) in [6, 6.07) is 4.41. The number of anilines is 1. The number of halogens is 6. The fourth-order valence-electron chi connectivity index (χ4n) is 3.21. The molecule has 0 spiro atoms. The second kappa shape index (κ2) is 8.56. The van der Waals surface area contributed by atoms with Crippen molar-refractivity contribution in [3.8, 4) is 22.8 Å². The van der Waals surface area contributed by atoms with Crippen LogP contribution in [0.15, 0.2) is 42.9 Å². The number of fused-ring (bicyclic) bond motifs is 1. The van der Waals surface area contributed by atoms with Crippen LogP contribution in [0.5, 0.6) is 11.5 Å². The van der Waals surface area contributed by atoms with E-state index in [1.54, 1.807) is 0 Å². The van der Waals surface area contributed by atoms with Crippen LogP contribution in [0, 0.1) is 5.82 Å². The van der Waals surface area contributed by atoms with E-state index in [1.165, 1.54) is 18.3 Å². The van der Waals surface area contributed by atoms with Crippen molar-refractivity contribution in [3.05, 3.63) is 59.8 Å². The Labute approximate surface area is 181 Å². The lowest BCUT2D eigenvalue weighted by molar-refractivity contribution is -0.153. The number of alkyl halides is 5. The van der Waals surface area contributed by atoms with Crippen molar-refractivity contribution in [3.63, 3.8) is 0 Å². The van der Waals surface area contributed by atoms with Crippen molar-refractivity contribution in [1.82, 2.24) is 15.0 Å². The zero-order valence-corrected chi connectivity index (χ0v) is 16.3. The van der Waals surface area contributed by atoms with Crippen molar-refractivity contribution in [1.29, 1.82) is 0 Å². The highest BCUT2D eigenvalue weighted by molar-refractivity contribution is 6.10. The molecule has 13 heteroatoms. The molecule has 1 aliphatic rings. The van der Waals surface area contributed by atoms with Gasteiger partial charge in [0.15, 0.2) is 12.4 Å². The fourth-order valence-corrected chi connectivity index (χ4v) is 3.21. The van der Waals surface area contributed by atoms with Gasteiger partial charge in [0.25, 0.3) is 5.91 Å². The van der Waals surface area contributed by atoms with E-state index in [9.17, 15) is 31.1 Å². The van der Waals surface area contributed by atoms with Gasteiger partial charge in [-0.15, -0.1) is 0 Å². The molecule has 3 aromatic rings. The Morgan fingerprint density at radius 1 is 1.06 bits per heavy atom. The summed E-state index contributed by atoms with van der Waals surface area (Å²) in [5.41, 5.74) is 0.650. The summed E-state index contributed by atoms with van der Waals surface area (Å²) in [5.74, 6) is -2.19. The van der Waals surface area contributed by atoms with Gasteiger partial charge in [0, 0.05) is 29.0 Å². The van der Waals surface area contributed by atoms with Gasteiger partial charge in [-0.1, -0.05) is 0 Å². The number of amides is 1. The van der Waals surface area contributed by atoms with E-state index in [2.05, 4.69) is 19.7 Å². The lowest BCUT2D eigenvalue weighted by Crippen LogP contribution is -2.25. The standard InChI is InChI=1S/C20H12F6N4O3/c21-10-1-2-13(15(5-10)32-9-20(24,25)26)16-14-8-30(17(31)12(14)3-4-27-16)19-28-6-11(7-29-19)33-18(22)23/h1-7,18H,8-9H2. The maximum Gasteiger partial charge on any atom is 0.422 e. The summed E-state index contributed by atoms with van der Waals surface area (Å²) in [6.07, 6.45) is -1.45. The lowest BCUT2D eigenvalue weighted by atomic mass is 10.0. The molecule has 2 aromatic heterocycles. The maximum atomic E-state index is 13.7. The zero-order chi connectivity index (χ0) is 23.8. The molecule has 0 aliphatic carbocycles. The molecule has 7 nitrogen and oxygen atoms in total. The second-order valence-electron chi connectivity index (χ2n) is 6.72. The van der Waals surface area contributed by atoms with Crippen LogP contribution in [0.25, 0.3) is 11.3 Å². The van der Waals surface area contributed by atoms with Crippen molar-refractivity contribution >= 4 is 11.9 Å². The minimum atomic E-state index is -4.65. The molecule has 1 aliphatic heterocycles. The van der Waals surface area contributed by atoms with Gasteiger partial charge in [0.1, 0.15) is 11.6 Å². The molecule has 172 valence electrons. The normalized spacial score (nSPS) is 13.4. The van der Waals surface area contributed by atoms with Crippen LogP contribution >= 0.6 is 0 Å². The molecule has 0 N–H and O–H groups in total. The van der Waals surface area contributed by atoms with Gasteiger partial charge >= 0.3 is 12.8 Å². The summed E-state index contributed by atoms with van der Waals surface area (Å²) < 4.78 is 85.1. The summed E-state index contributed by atoms with van der Waals surface area (Å²) >= 11 is 0. The van der Waals surface area contributed by atoms with Crippen molar-refractivity contribution in [2.24, 2.45) is 0 Å². The smallest absolute Gasteiger partial charge is 0.422 e. The molecular weight excluding hydrogens is 458 g/mol. The van der Waals surface area contributed by atoms with Crippen LogP contribution in [-0.4, -0.2) is 40.3 Å². The lowest BCUT2D eigenvalue weighted by Gasteiger charge is -2.15. The molecule has 0 saturated heterocycles. The average molecular weight is 470 g/mol. The average Bonchev–Trinajstić information content (AvgIpc) is 3.09. The summed E-state index contributed by atoms with van der Waals surface area (Å²) in [6.45, 7) is -4.84. The van der Waals surface area contributed by atoms with E-state index in [-0.39, 0.29) is 35.1 Å². The van der Waals surface area contributed by atoms with Crippen LogP contribution in [0.3, 0.4) is 0 Å². The Hall–Kier alpha value is -3.90. The van der Waals surface area contributed by atoms with E-state index in [0.717, 1.165) is 29.4 Å². The maximum absolute atomic E-state index is 13.7. The Balaban J connectivity index is 1.68. The molecule has 0 saturated carbocycles. The first-order chi connectivity index (χ1) is 15.6. The third-order valence-electron chi connectivity index (χ3n) is 4.52. The van der Waals surface area contributed by atoms with Crippen molar-refractivity contribution in [2.75, 3.05) is 11.5 Å². The number of carbonyl (C=O) groups is 1. The van der Waals surface area contributed by atoms with E-state index < -0.39 is 36.9 Å². The van der Waals surface area contributed by atoms with E-state index in [4.69, 9.17) is 4.74 Å². The zero-order valence-electron chi connectivity index (χ0n) is 16.3. The molecular formula is C20H12F6N4O3. The van der Waals surface area contributed by atoms with Gasteiger partial charge in [0.2, 0.25) is 5.95 Å². The first kappa shape index (κ1) is 22.3. The highest BCUT2D eigenvalue weighted by Crippen LogP contribution is 2.37. The van der Waals surface area contributed by atoms with Gasteiger partial charge in [0.05, 0.1) is 24.6 Å². The quantitative estimate of drug-likeness (QED) is 0.498. The fraction of sp³-hybridized carbons (Fsp3) is 0.200. The second-order valence-corrected chi connectivity index (χ2v) is 6.72. The molecule has 0 bridgehead atoms. The number of carbonyl (C=O) groups excluding carboxylic acids is 1. The number of hydrogen-bond acceptors (Lipinski definition) is 6.